The molecular weight excluding hydrogens is 235 g/mol. The minimum Gasteiger partial charge on any atom is -0.399 e. The average Bonchev–Trinajstić information content (AvgIpc) is 2.31. The van der Waals surface area contributed by atoms with Crippen LogP contribution in [0.25, 0.3) is 0 Å². The molecule has 18 heavy (non-hydrogen) atoms. The van der Waals surface area contributed by atoms with Crippen molar-refractivity contribution in [3.63, 3.8) is 0 Å². The number of rotatable bonds is 5. The molecular formula is C13H19FN2O2. The summed E-state index contributed by atoms with van der Waals surface area (Å²) in [5.41, 5.74) is 6.27. The fourth-order valence-electron chi connectivity index (χ4n) is 1.65. The van der Waals surface area contributed by atoms with Crippen molar-refractivity contribution in [3.8, 4) is 0 Å². The van der Waals surface area contributed by atoms with Crippen molar-refractivity contribution in [2.24, 2.45) is 5.92 Å². The van der Waals surface area contributed by atoms with E-state index in [0.717, 1.165) is 0 Å². The fraction of sp³-hybridized carbons (Fsp3) is 0.462. The van der Waals surface area contributed by atoms with Crippen molar-refractivity contribution < 1.29 is 14.3 Å². The third kappa shape index (κ3) is 3.70. The van der Waals surface area contributed by atoms with Crippen LogP contribution < -0.4 is 11.1 Å². The second-order valence-electron chi connectivity index (χ2n) is 4.53. The number of anilines is 1. The number of nitrogens with one attached hydrogen (secondary N) is 1. The van der Waals surface area contributed by atoms with Crippen LogP contribution in [0.4, 0.5) is 10.1 Å². The first kappa shape index (κ1) is 14.4. The third-order valence-corrected chi connectivity index (χ3v) is 2.75. The van der Waals surface area contributed by atoms with Crippen LogP contribution in [0.3, 0.4) is 0 Å². The molecule has 100 valence electrons. The van der Waals surface area contributed by atoms with E-state index in [2.05, 4.69) is 5.32 Å². The second kappa shape index (κ2) is 6.35. The summed E-state index contributed by atoms with van der Waals surface area (Å²) in [6.45, 7) is 3.93. The predicted octanol–water partition coefficient (Wildman–Crippen LogP) is 1.46. The average molecular weight is 254 g/mol. The number of aliphatic hydroxyl groups excluding tert-OH is 1. The Hall–Kier alpha value is -1.62. The Morgan fingerprint density at radius 3 is 2.83 bits per heavy atom. The van der Waals surface area contributed by atoms with E-state index in [-0.39, 0.29) is 18.1 Å². The lowest BCUT2D eigenvalue weighted by Crippen LogP contribution is -2.29. The van der Waals surface area contributed by atoms with Crippen LogP contribution in [0, 0.1) is 18.7 Å². The van der Waals surface area contributed by atoms with E-state index in [1.165, 1.54) is 12.1 Å². The fourth-order valence-corrected chi connectivity index (χ4v) is 1.65. The lowest BCUT2D eigenvalue weighted by atomic mass is 10.1. The molecule has 1 rings (SSSR count). The molecule has 0 aliphatic rings. The zero-order chi connectivity index (χ0) is 13.7. The summed E-state index contributed by atoms with van der Waals surface area (Å²) >= 11 is 0. The molecule has 0 fully saturated rings. The lowest BCUT2D eigenvalue weighted by molar-refractivity contribution is 0.0941. The molecule has 0 aliphatic heterocycles. The summed E-state index contributed by atoms with van der Waals surface area (Å²) in [4.78, 5) is 11.8. The van der Waals surface area contributed by atoms with E-state index in [9.17, 15) is 9.18 Å². The zero-order valence-electron chi connectivity index (χ0n) is 10.7. The molecule has 0 saturated heterocycles. The minimum absolute atomic E-state index is 0.0382. The molecule has 1 atom stereocenters. The number of nitrogen functional groups attached to an aromatic ring is 1. The van der Waals surface area contributed by atoms with Crippen LogP contribution in [0.1, 0.15) is 29.3 Å². The van der Waals surface area contributed by atoms with Crippen molar-refractivity contribution >= 4 is 11.6 Å². The van der Waals surface area contributed by atoms with Crippen molar-refractivity contribution in [1.82, 2.24) is 5.32 Å². The number of halogens is 1. The van der Waals surface area contributed by atoms with E-state index in [1.807, 2.05) is 6.92 Å². The van der Waals surface area contributed by atoms with Crippen LogP contribution in [-0.2, 0) is 0 Å². The molecule has 4 N–H and O–H groups in total. The summed E-state index contributed by atoms with van der Waals surface area (Å²) in [6, 6.07) is 2.81. The van der Waals surface area contributed by atoms with E-state index in [0.29, 0.717) is 24.2 Å². The highest BCUT2D eigenvalue weighted by Crippen LogP contribution is 2.17. The molecule has 0 aromatic heterocycles. The number of amides is 1. The van der Waals surface area contributed by atoms with Gasteiger partial charge in [0, 0.05) is 18.8 Å². The van der Waals surface area contributed by atoms with Crippen LogP contribution in [0.5, 0.6) is 0 Å². The molecule has 0 saturated carbocycles. The number of hydrogen-bond acceptors (Lipinski definition) is 3. The summed E-state index contributed by atoms with van der Waals surface area (Å²) in [5.74, 6) is -0.881. The largest absolute Gasteiger partial charge is 0.399 e. The Morgan fingerprint density at radius 2 is 2.22 bits per heavy atom. The van der Waals surface area contributed by atoms with Crippen molar-refractivity contribution in [2.75, 3.05) is 18.9 Å². The van der Waals surface area contributed by atoms with E-state index >= 15 is 0 Å². The quantitative estimate of drug-likeness (QED) is 0.696. The van der Waals surface area contributed by atoms with Crippen molar-refractivity contribution in [3.05, 3.63) is 29.1 Å². The Kier molecular flexibility index (Phi) is 5.09. The topological polar surface area (TPSA) is 75.4 Å². The van der Waals surface area contributed by atoms with Crippen LogP contribution in [0.2, 0.25) is 0 Å². The van der Waals surface area contributed by atoms with Crippen LogP contribution in [-0.4, -0.2) is 24.2 Å². The van der Waals surface area contributed by atoms with Gasteiger partial charge in [0.2, 0.25) is 0 Å². The van der Waals surface area contributed by atoms with Gasteiger partial charge in [-0.15, -0.1) is 0 Å². The molecule has 0 radical (unpaired) electrons. The number of nitrogens with two attached hydrogens (primary N) is 1. The predicted molar refractivity (Wildman–Crippen MR) is 68.7 cm³/mol. The van der Waals surface area contributed by atoms with Gasteiger partial charge in [-0.2, -0.15) is 0 Å². The number of aliphatic hydroxyl groups is 1. The molecule has 4 nitrogen and oxygen atoms in total. The van der Waals surface area contributed by atoms with Gasteiger partial charge in [0.1, 0.15) is 5.82 Å². The molecule has 0 heterocycles. The maximum absolute atomic E-state index is 13.7. The Bertz CT molecular complexity index is 435. The number of hydrogen-bond donors (Lipinski definition) is 3. The number of aryl methyl sites for hydroxylation is 1. The van der Waals surface area contributed by atoms with Crippen LogP contribution >= 0.6 is 0 Å². The first-order valence-electron chi connectivity index (χ1n) is 5.90. The van der Waals surface area contributed by atoms with Gasteiger partial charge in [0.25, 0.3) is 5.91 Å². The van der Waals surface area contributed by atoms with Gasteiger partial charge < -0.3 is 16.2 Å². The first-order valence-corrected chi connectivity index (χ1v) is 5.90. The summed E-state index contributed by atoms with van der Waals surface area (Å²) in [6.07, 6.45) is 0.596. The Balaban J connectivity index is 2.73. The third-order valence-electron chi connectivity index (χ3n) is 2.75. The first-order chi connectivity index (χ1) is 8.45. The summed E-state index contributed by atoms with van der Waals surface area (Å²) in [5, 5.41) is 11.4. The standard InChI is InChI=1S/C13H19FN2O2/c1-8(3-4-17)7-16-13(18)11-6-10(15)5-9(2)12(11)14/h5-6,8,17H,3-4,7,15H2,1-2H3,(H,16,18). The molecule has 1 unspecified atom stereocenters. The SMILES string of the molecule is Cc1cc(N)cc(C(=O)NCC(C)CCO)c1F. The highest BCUT2D eigenvalue weighted by molar-refractivity contribution is 5.95. The normalized spacial score (nSPS) is 12.2. The van der Waals surface area contributed by atoms with Gasteiger partial charge in [-0.25, -0.2) is 4.39 Å². The van der Waals surface area contributed by atoms with Gasteiger partial charge >= 0.3 is 0 Å². The monoisotopic (exact) mass is 254 g/mol. The van der Waals surface area contributed by atoms with Gasteiger partial charge in [-0.05, 0) is 37.0 Å². The number of benzene rings is 1. The molecule has 1 aromatic carbocycles. The Morgan fingerprint density at radius 1 is 1.56 bits per heavy atom. The van der Waals surface area contributed by atoms with Crippen molar-refractivity contribution in [1.29, 1.82) is 0 Å². The highest BCUT2D eigenvalue weighted by atomic mass is 19.1. The van der Waals surface area contributed by atoms with Gasteiger partial charge in [0.15, 0.2) is 0 Å². The van der Waals surface area contributed by atoms with Gasteiger partial charge in [-0.3, -0.25) is 4.79 Å². The molecule has 0 aliphatic carbocycles. The molecule has 5 heteroatoms. The number of carbonyl (C=O) groups excluding carboxylic acids is 1. The smallest absolute Gasteiger partial charge is 0.254 e. The summed E-state index contributed by atoms with van der Waals surface area (Å²) < 4.78 is 13.7. The van der Waals surface area contributed by atoms with Gasteiger partial charge in [0.05, 0.1) is 5.56 Å². The number of carbonyl (C=O) groups is 1. The van der Waals surface area contributed by atoms with E-state index in [1.54, 1.807) is 6.92 Å². The molecule has 1 aromatic rings. The minimum atomic E-state index is -0.545. The maximum atomic E-state index is 13.7. The highest BCUT2D eigenvalue weighted by Gasteiger charge is 2.15. The lowest BCUT2D eigenvalue weighted by Gasteiger charge is -2.12. The van der Waals surface area contributed by atoms with E-state index in [4.69, 9.17) is 10.8 Å². The van der Waals surface area contributed by atoms with Crippen molar-refractivity contribution in [2.45, 2.75) is 20.3 Å². The second-order valence-corrected chi connectivity index (χ2v) is 4.53. The molecule has 0 bridgehead atoms. The molecule has 0 spiro atoms. The zero-order valence-corrected chi connectivity index (χ0v) is 10.7. The van der Waals surface area contributed by atoms with E-state index < -0.39 is 11.7 Å². The van der Waals surface area contributed by atoms with Crippen LogP contribution in [0.15, 0.2) is 12.1 Å². The van der Waals surface area contributed by atoms with Gasteiger partial charge in [-0.1, -0.05) is 6.92 Å². The maximum Gasteiger partial charge on any atom is 0.254 e. The Labute approximate surface area is 106 Å². The summed E-state index contributed by atoms with van der Waals surface area (Å²) in [7, 11) is 0. The molecule has 1 amide bonds.